The molecule has 3 aromatic rings. The number of hydrogen-bond acceptors (Lipinski definition) is 2. The fourth-order valence-corrected chi connectivity index (χ4v) is 3.93. The van der Waals surface area contributed by atoms with Crippen molar-refractivity contribution in [2.24, 2.45) is 0 Å². The molecule has 2 atom stereocenters. The van der Waals surface area contributed by atoms with Gasteiger partial charge in [0.05, 0.1) is 19.2 Å². The second-order valence-corrected chi connectivity index (χ2v) is 7.00. The van der Waals surface area contributed by atoms with Gasteiger partial charge in [0.2, 0.25) is 0 Å². The number of nitrogens with zero attached hydrogens (tertiary/aromatic N) is 1. The van der Waals surface area contributed by atoms with Crippen LogP contribution in [0.4, 0.5) is 5.69 Å². The summed E-state index contributed by atoms with van der Waals surface area (Å²) in [5.41, 5.74) is 2.49. The van der Waals surface area contributed by atoms with E-state index >= 15 is 0 Å². The van der Waals surface area contributed by atoms with E-state index in [-0.39, 0.29) is 6.04 Å². The van der Waals surface area contributed by atoms with Gasteiger partial charge in [0.1, 0.15) is 5.75 Å². The maximum absolute atomic E-state index is 5.49. The van der Waals surface area contributed by atoms with E-state index in [0.29, 0.717) is 6.04 Å². The summed E-state index contributed by atoms with van der Waals surface area (Å²) in [6.07, 6.45) is 5.74. The molecule has 0 saturated carbocycles. The Bertz CT molecular complexity index is 1030. The Labute approximate surface area is 161 Å². The lowest BCUT2D eigenvalue weighted by atomic mass is 9.97. The average Bonchev–Trinajstić information content (AvgIpc) is 2.74. The first-order valence-corrected chi connectivity index (χ1v) is 9.50. The van der Waals surface area contributed by atoms with Gasteiger partial charge in [0, 0.05) is 11.8 Å². The van der Waals surface area contributed by atoms with Gasteiger partial charge in [-0.25, -0.2) is 0 Å². The van der Waals surface area contributed by atoms with Crippen molar-refractivity contribution in [3.05, 3.63) is 94.9 Å². The summed E-state index contributed by atoms with van der Waals surface area (Å²) in [5.74, 6) is 0.887. The molecule has 2 heteroatoms. The number of hydrogen-bond donors (Lipinski definition) is 0. The first-order chi connectivity index (χ1) is 13.3. The number of rotatable bonds is 5. The molecule has 0 aromatic heterocycles. The lowest BCUT2D eigenvalue weighted by molar-refractivity contribution is 0.414. The quantitative estimate of drug-likeness (QED) is 0.677. The van der Waals surface area contributed by atoms with Crippen molar-refractivity contribution < 1.29 is 4.74 Å². The summed E-state index contributed by atoms with van der Waals surface area (Å²) in [7, 11) is 1.72. The zero-order valence-corrected chi connectivity index (χ0v) is 15.9. The second kappa shape index (κ2) is 7.71. The largest absolute Gasteiger partial charge is 0.497 e. The van der Waals surface area contributed by atoms with Crippen LogP contribution in [0.15, 0.2) is 78.9 Å². The van der Waals surface area contributed by atoms with Gasteiger partial charge in [-0.2, -0.15) is 0 Å². The van der Waals surface area contributed by atoms with Crippen LogP contribution in [0, 0.1) is 0 Å². The van der Waals surface area contributed by atoms with Crippen LogP contribution in [0.3, 0.4) is 0 Å². The summed E-state index contributed by atoms with van der Waals surface area (Å²) in [4.78, 5) is 2.50. The number of benzene rings is 3. The first-order valence-electron chi connectivity index (χ1n) is 9.50. The molecule has 0 spiro atoms. The van der Waals surface area contributed by atoms with Crippen LogP contribution in [-0.2, 0) is 0 Å². The molecule has 0 bridgehead atoms. The van der Waals surface area contributed by atoms with Crippen LogP contribution in [0.5, 0.6) is 5.75 Å². The zero-order chi connectivity index (χ0) is 18.6. The lowest BCUT2D eigenvalue weighted by Gasteiger charge is -2.38. The highest BCUT2D eigenvalue weighted by molar-refractivity contribution is 5.59. The van der Waals surface area contributed by atoms with Crippen LogP contribution in [-0.4, -0.2) is 13.2 Å². The molecule has 27 heavy (non-hydrogen) atoms. The molecule has 136 valence electrons. The van der Waals surface area contributed by atoms with E-state index in [2.05, 4.69) is 96.8 Å². The van der Waals surface area contributed by atoms with E-state index in [9.17, 15) is 0 Å². The van der Waals surface area contributed by atoms with E-state index in [1.165, 1.54) is 21.7 Å². The third kappa shape index (κ3) is 3.61. The zero-order valence-electron chi connectivity index (χ0n) is 15.9. The average molecular weight is 355 g/mol. The minimum atomic E-state index is 0.248. The molecule has 0 heterocycles. The van der Waals surface area contributed by atoms with Gasteiger partial charge >= 0.3 is 0 Å². The molecule has 1 aliphatic carbocycles. The van der Waals surface area contributed by atoms with Crippen molar-refractivity contribution in [1.82, 2.24) is 0 Å². The normalized spacial score (nSPS) is 16.4. The van der Waals surface area contributed by atoms with Crippen molar-refractivity contribution in [1.29, 1.82) is 0 Å². The molecule has 0 N–H and O–H groups in total. The molecular weight excluding hydrogens is 330 g/mol. The van der Waals surface area contributed by atoms with Gasteiger partial charge in [-0.05, 0) is 41.5 Å². The topological polar surface area (TPSA) is 12.5 Å². The molecule has 3 aromatic carbocycles. The summed E-state index contributed by atoms with van der Waals surface area (Å²) < 4.78 is 5.49. The highest BCUT2D eigenvalue weighted by atomic mass is 16.5. The van der Waals surface area contributed by atoms with Gasteiger partial charge in [-0.3, -0.25) is 0 Å². The van der Waals surface area contributed by atoms with Crippen LogP contribution in [0.2, 0.25) is 0 Å². The van der Waals surface area contributed by atoms with E-state index in [4.69, 9.17) is 4.74 Å². The molecule has 0 saturated heterocycles. The van der Waals surface area contributed by atoms with E-state index in [1.54, 1.807) is 7.11 Å². The molecular formula is C25H25NO. The predicted molar refractivity (Wildman–Crippen MR) is 113 cm³/mol. The lowest BCUT2D eigenvalue weighted by Crippen LogP contribution is -2.41. The molecule has 0 aliphatic heterocycles. The Morgan fingerprint density at radius 3 is 2.41 bits per heavy atom. The molecule has 2 unspecified atom stereocenters. The fraction of sp³-hybridized carbons (Fsp3) is 0.200. The Morgan fingerprint density at radius 1 is 0.889 bits per heavy atom. The number of anilines is 1. The number of fused-ring (bicyclic) bond motifs is 1. The third-order valence-electron chi connectivity index (χ3n) is 5.36. The molecule has 0 fully saturated rings. The van der Waals surface area contributed by atoms with E-state index in [0.717, 1.165) is 12.2 Å². The Hall–Kier alpha value is -3.00. The smallest absolute Gasteiger partial charge is 0.120 e. The highest BCUT2D eigenvalue weighted by Crippen LogP contribution is 2.33. The summed E-state index contributed by atoms with van der Waals surface area (Å²) in [6, 6.07) is 28.2. The summed E-state index contributed by atoms with van der Waals surface area (Å²) >= 11 is 0. The van der Waals surface area contributed by atoms with Crippen molar-refractivity contribution in [2.75, 3.05) is 12.0 Å². The highest BCUT2D eigenvalue weighted by Gasteiger charge is 2.24. The minimum absolute atomic E-state index is 0.248. The van der Waals surface area contributed by atoms with Crippen LogP contribution in [0.25, 0.3) is 12.2 Å². The molecule has 0 amide bonds. The summed E-state index contributed by atoms with van der Waals surface area (Å²) in [5, 5.41) is 2.63. The van der Waals surface area contributed by atoms with Crippen LogP contribution >= 0.6 is 0 Å². The molecule has 2 nitrogen and oxygen atoms in total. The van der Waals surface area contributed by atoms with Gasteiger partial charge in [-0.1, -0.05) is 72.8 Å². The molecule has 0 radical (unpaired) electrons. The first kappa shape index (κ1) is 17.4. The fourth-order valence-electron chi connectivity index (χ4n) is 3.93. The Balaban J connectivity index is 1.80. The van der Waals surface area contributed by atoms with Crippen molar-refractivity contribution >= 4 is 17.8 Å². The van der Waals surface area contributed by atoms with E-state index in [1.807, 2.05) is 6.07 Å². The maximum Gasteiger partial charge on any atom is 0.120 e. The monoisotopic (exact) mass is 355 g/mol. The van der Waals surface area contributed by atoms with Gasteiger partial charge < -0.3 is 9.64 Å². The van der Waals surface area contributed by atoms with Crippen molar-refractivity contribution in [3.8, 4) is 5.75 Å². The minimum Gasteiger partial charge on any atom is -0.497 e. The van der Waals surface area contributed by atoms with Crippen molar-refractivity contribution in [3.63, 3.8) is 0 Å². The summed E-state index contributed by atoms with van der Waals surface area (Å²) in [6.45, 7) is 2.28. The third-order valence-corrected chi connectivity index (χ3v) is 5.36. The Morgan fingerprint density at radius 2 is 1.63 bits per heavy atom. The van der Waals surface area contributed by atoms with Crippen LogP contribution < -0.4 is 20.1 Å². The number of methoxy groups -OCH3 is 1. The predicted octanol–water partition coefficient (Wildman–Crippen LogP) is 4.30. The van der Waals surface area contributed by atoms with Crippen LogP contribution in [0.1, 0.15) is 24.9 Å². The Kier molecular flexibility index (Phi) is 4.97. The van der Waals surface area contributed by atoms with Gasteiger partial charge in [0.25, 0.3) is 0 Å². The van der Waals surface area contributed by atoms with E-state index < -0.39 is 0 Å². The molecule has 1 aliphatic rings. The standard InChI is InChI=1S/C25H25NO/c1-19(20-9-4-3-5-10-20)26(23-13-8-14-25(18-23)27-2)24-16-15-21-11-6-7-12-22(21)17-24/h3-15,17-19,24H,16H2,1-2H3. The van der Waals surface area contributed by atoms with Crippen molar-refractivity contribution in [2.45, 2.75) is 25.4 Å². The SMILES string of the molecule is COc1cccc(N(C2C=c3ccccc3=CC2)C(C)c2ccccc2)c1. The second-order valence-electron chi connectivity index (χ2n) is 7.00. The number of ether oxygens (including phenoxy) is 1. The molecule has 4 rings (SSSR count). The maximum atomic E-state index is 5.49. The van der Waals surface area contributed by atoms with Gasteiger partial charge in [0.15, 0.2) is 0 Å². The van der Waals surface area contributed by atoms with Gasteiger partial charge in [-0.15, -0.1) is 0 Å².